The molecule has 2 aromatic carbocycles. The van der Waals surface area contributed by atoms with E-state index in [1.165, 1.54) is 12.0 Å². The van der Waals surface area contributed by atoms with Gasteiger partial charge in [0, 0.05) is 53.8 Å². The molecule has 2 aliphatic carbocycles. The van der Waals surface area contributed by atoms with Gasteiger partial charge in [-0.3, -0.25) is 18.9 Å². The van der Waals surface area contributed by atoms with E-state index in [0.29, 0.717) is 56.3 Å². The SMILES string of the molecule is COc1ccc2c(c1)C=C(C(=O)N1CCN(C(=O)C3(O)CC3)CC1)Cn1c-2c(C2CCCCC2)c2ccc(C(=O)NS(=O)O)cc21. The van der Waals surface area contributed by atoms with Crippen molar-refractivity contribution in [3.8, 4) is 17.0 Å². The summed E-state index contributed by atoms with van der Waals surface area (Å²) < 4.78 is 30.5. The molecule has 3 fully saturated rings. The first-order chi connectivity index (χ1) is 22.2. The number of piperazine rings is 1. The number of fused-ring (bicyclic) bond motifs is 5. The summed E-state index contributed by atoms with van der Waals surface area (Å²) >= 11 is -2.50. The number of methoxy groups -OCH3 is 1. The zero-order valence-corrected chi connectivity index (χ0v) is 26.6. The van der Waals surface area contributed by atoms with Crippen LogP contribution in [0, 0.1) is 0 Å². The molecule has 0 radical (unpaired) electrons. The lowest BCUT2D eigenvalue weighted by atomic mass is 9.81. The fraction of sp³-hybridized carbons (Fsp3) is 0.441. The molecule has 2 aliphatic heterocycles. The Morgan fingerprint density at radius 3 is 2.37 bits per heavy atom. The van der Waals surface area contributed by atoms with Crippen molar-refractivity contribution >= 4 is 46.0 Å². The van der Waals surface area contributed by atoms with Gasteiger partial charge in [-0.25, -0.2) is 8.93 Å². The van der Waals surface area contributed by atoms with Gasteiger partial charge in [-0.1, -0.05) is 25.3 Å². The first-order valence-electron chi connectivity index (χ1n) is 15.9. The Morgan fingerprint density at radius 2 is 1.70 bits per heavy atom. The van der Waals surface area contributed by atoms with Gasteiger partial charge >= 0.3 is 0 Å². The van der Waals surface area contributed by atoms with Gasteiger partial charge in [0.2, 0.25) is 0 Å². The van der Waals surface area contributed by atoms with E-state index in [9.17, 15) is 28.3 Å². The lowest BCUT2D eigenvalue weighted by Crippen LogP contribution is -2.53. The smallest absolute Gasteiger partial charge is 0.264 e. The van der Waals surface area contributed by atoms with E-state index < -0.39 is 22.8 Å². The number of aromatic nitrogens is 1. The molecular formula is C34H38N4O7S. The van der Waals surface area contributed by atoms with Crippen LogP contribution in [0.1, 0.15) is 72.3 Å². The third-order valence-corrected chi connectivity index (χ3v) is 10.3. The van der Waals surface area contributed by atoms with Crippen LogP contribution in [0.4, 0.5) is 0 Å². The number of amides is 3. The van der Waals surface area contributed by atoms with Crippen molar-refractivity contribution in [1.29, 1.82) is 0 Å². The minimum Gasteiger partial charge on any atom is -0.497 e. The molecule has 7 rings (SSSR count). The highest BCUT2D eigenvalue weighted by Crippen LogP contribution is 2.47. The highest BCUT2D eigenvalue weighted by atomic mass is 32.2. The van der Waals surface area contributed by atoms with Crippen molar-refractivity contribution in [1.82, 2.24) is 19.1 Å². The van der Waals surface area contributed by atoms with Crippen LogP contribution in [0.2, 0.25) is 0 Å². The van der Waals surface area contributed by atoms with Crippen molar-refractivity contribution in [2.45, 2.75) is 63.0 Å². The first-order valence-corrected chi connectivity index (χ1v) is 17.1. The maximum atomic E-state index is 14.2. The van der Waals surface area contributed by atoms with Crippen LogP contribution in [0.5, 0.6) is 5.75 Å². The van der Waals surface area contributed by atoms with Crippen LogP contribution in [-0.4, -0.2) is 84.8 Å². The molecule has 1 unspecified atom stereocenters. The number of rotatable bonds is 6. The van der Waals surface area contributed by atoms with Gasteiger partial charge < -0.3 is 24.2 Å². The van der Waals surface area contributed by atoms with Crippen molar-refractivity contribution < 1.29 is 33.0 Å². The van der Waals surface area contributed by atoms with E-state index in [0.717, 1.165) is 53.4 Å². The zero-order chi connectivity index (χ0) is 32.2. The van der Waals surface area contributed by atoms with Gasteiger partial charge in [0.05, 0.1) is 19.3 Å². The van der Waals surface area contributed by atoms with E-state index in [2.05, 4.69) is 9.29 Å². The number of carbonyl (C=O) groups is 3. The van der Waals surface area contributed by atoms with Gasteiger partial charge in [0.25, 0.3) is 29.0 Å². The van der Waals surface area contributed by atoms with Crippen LogP contribution in [0.3, 0.4) is 0 Å². The molecule has 11 nitrogen and oxygen atoms in total. The van der Waals surface area contributed by atoms with Gasteiger partial charge in [-0.2, -0.15) is 0 Å². The molecule has 1 saturated heterocycles. The molecule has 46 heavy (non-hydrogen) atoms. The Balaban J connectivity index is 1.32. The minimum atomic E-state index is -2.50. The van der Waals surface area contributed by atoms with Crippen LogP contribution >= 0.6 is 0 Å². The maximum absolute atomic E-state index is 14.2. The summed E-state index contributed by atoms with van der Waals surface area (Å²) in [7, 11) is 1.61. The number of ether oxygens (including phenoxy) is 1. The summed E-state index contributed by atoms with van der Waals surface area (Å²) in [6.07, 6.45) is 8.43. The molecule has 12 heteroatoms. The summed E-state index contributed by atoms with van der Waals surface area (Å²) in [6.45, 7) is 1.69. The molecule has 3 N–H and O–H groups in total. The van der Waals surface area contributed by atoms with Crippen LogP contribution in [0.15, 0.2) is 42.0 Å². The Bertz CT molecular complexity index is 1800. The highest BCUT2D eigenvalue weighted by Gasteiger charge is 2.50. The van der Waals surface area contributed by atoms with Gasteiger partial charge in [-0.05, 0) is 79.1 Å². The molecule has 1 atom stereocenters. The van der Waals surface area contributed by atoms with E-state index >= 15 is 0 Å². The largest absolute Gasteiger partial charge is 0.497 e. The molecule has 1 aromatic heterocycles. The number of benzene rings is 2. The van der Waals surface area contributed by atoms with E-state index in [4.69, 9.17) is 4.74 Å². The molecule has 2 saturated carbocycles. The summed E-state index contributed by atoms with van der Waals surface area (Å²) in [6, 6.07) is 11.3. The lowest BCUT2D eigenvalue weighted by molar-refractivity contribution is -0.146. The molecule has 0 spiro atoms. The quantitative estimate of drug-likeness (QED) is 0.346. The maximum Gasteiger partial charge on any atom is 0.264 e. The summed E-state index contributed by atoms with van der Waals surface area (Å²) in [5.74, 6) is -0.0726. The number of hydrogen-bond donors (Lipinski definition) is 3. The molecule has 3 aromatic rings. The van der Waals surface area contributed by atoms with Crippen molar-refractivity contribution in [2.75, 3.05) is 33.3 Å². The highest BCUT2D eigenvalue weighted by molar-refractivity contribution is 7.77. The second-order valence-electron chi connectivity index (χ2n) is 12.8. The number of nitrogens with zero attached hydrogens (tertiary/aromatic N) is 3. The zero-order valence-electron chi connectivity index (χ0n) is 25.8. The average Bonchev–Trinajstić information content (AvgIpc) is 3.78. The molecular weight excluding hydrogens is 608 g/mol. The van der Waals surface area contributed by atoms with Crippen molar-refractivity contribution in [3.05, 3.63) is 58.7 Å². The summed E-state index contributed by atoms with van der Waals surface area (Å²) in [5, 5.41) is 11.3. The van der Waals surface area contributed by atoms with Crippen molar-refractivity contribution in [2.24, 2.45) is 0 Å². The number of hydrogen-bond acceptors (Lipinski definition) is 6. The molecule has 242 valence electrons. The standard InChI is InChI=1S/C34H38N4O7S/c1-45-25-8-10-26-23(18-25)17-24(32(40)36-13-15-37(16-14-36)33(41)34(42)11-12-34)20-38-28-19-22(31(39)35-46(43)44)7-9-27(28)29(30(26)38)21-5-3-2-4-6-21/h7-10,17-19,21,42H,2-6,11-16,20H2,1H3,(H,35,39)(H,43,44). The predicted octanol–water partition coefficient (Wildman–Crippen LogP) is 3.82. The molecule has 4 aliphatic rings. The molecule has 3 amide bonds. The van der Waals surface area contributed by atoms with Gasteiger partial charge in [0.1, 0.15) is 11.4 Å². The lowest BCUT2D eigenvalue weighted by Gasteiger charge is -2.36. The topological polar surface area (TPSA) is 141 Å². The van der Waals surface area contributed by atoms with Crippen molar-refractivity contribution in [3.63, 3.8) is 0 Å². The number of carbonyl (C=O) groups excluding carboxylic acids is 3. The Kier molecular flexibility index (Phi) is 7.98. The molecule has 0 bridgehead atoms. The van der Waals surface area contributed by atoms with E-state index in [1.807, 2.05) is 30.3 Å². The second kappa shape index (κ2) is 12.0. The van der Waals surface area contributed by atoms with Crippen LogP contribution in [0.25, 0.3) is 28.2 Å². The van der Waals surface area contributed by atoms with Crippen LogP contribution in [-0.2, 0) is 27.4 Å². The third-order valence-electron chi connectivity index (χ3n) is 9.98. The van der Waals surface area contributed by atoms with Gasteiger partial charge in [0.15, 0.2) is 0 Å². The normalized spacial score (nSPS) is 19.8. The summed E-state index contributed by atoms with van der Waals surface area (Å²) in [4.78, 5) is 43.2. The fourth-order valence-electron chi connectivity index (χ4n) is 7.39. The monoisotopic (exact) mass is 646 g/mol. The average molecular weight is 647 g/mol. The van der Waals surface area contributed by atoms with Gasteiger partial charge in [-0.15, -0.1) is 0 Å². The Labute approximate surface area is 269 Å². The molecule has 3 heterocycles. The number of aliphatic hydroxyl groups is 1. The Hall–Kier alpha value is -4.00. The van der Waals surface area contributed by atoms with Crippen LogP contribution < -0.4 is 9.46 Å². The minimum absolute atomic E-state index is 0.135. The third kappa shape index (κ3) is 5.52. The van der Waals surface area contributed by atoms with E-state index in [1.54, 1.807) is 29.0 Å². The van der Waals surface area contributed by atoms with E-state index in [-0.39, 0.29) is 23.9 Å². The summed E-state index contributed by atoms with van der Waals surface area (Å²) in [5.41, 5.74) is 4.40. The predicted molar refractivity (Wildman–Crippen MR) is 173 cm³/mol. The second-order valence-corrected chi connectivity index (χ2v) is 13.5. The fourth-order valence-corrected chi connectivity index (χ4v) is 7.67. The Morgan fingerprint density at radius 1 is 0.978 bits per heavy atom. The number of nitrogens with one attached hydrogen (secondary N) is 1. The first kappa shape index (κ1) is 30.6.